The first-order valence-corrected chi connectivity index (χ1v) is 8.60. The van der Waals surface area contributed by atoms with Gasteiger partial charge >= 0.3 is 5.97 Å². The lowest BCUT2D eigenvalue weighted by Crippen LogP contribution is -2.04. The summed E-state index contributed by atoms with van der Waals surface area (Å²) in [5.41, 5.74) is 1.54. The number of benzene rings is 3. The summed E-state index contributed by atoms with van der Waals surface area (Å²) in [4.78, 5) is 22.6. The first kappa shape index (κ1) is 17.5. The van der Waals surface area contributed by atoms with Gasteiger partial charge in [-0.3, -0.25) is 10.1 Å². The van der Waals surface area contributed by atoms with Crippen LogP contribution >= 0.6 is 0 Å². The van der Waals surface area contributed by atoms with Crippen molar-refractivity contribution in [3.8, 4) is 11.3 Å². The largest absolute Gasteiger partial charge is 0.455 e. The molecule has 3 aromatic carbocycles. The Morgan fingerprint density at radius 3 is 2.46 bits per heavy atom. The molecule has 0 aliphatic carbocycles. The minimum atomic E-state index is -0.568. The van der Waals surface area contributed by atoms with Crippen LogP contribution in [0.2, 0.25) is 0 Å². The van der Waals surface area contributed by atoms with Crippen molar-refractivity contribution in [1.82, 2.24) is 0 Å². The number of nitro benzene ring substituents is 1. The number of ether oxygens (including phenoxy) is 1. The quantitative estimate of drug-likeness (QED) is 0.267. The van der Waals surface area contributed by atoms with E-state index in [0.717, 1.165) is 16.3 Å². The molecule has 0 unspecified atom stereocenters. The molecule has 0 amide bonds. The standard InChI is InChI=1S/C22H15NO5/c24-22(27-14-17-6-3-5-15-4-1-2-7-19(15)17)21-13-12-20(28-21)16-8-10-18(11-9-16)23(25)26/h1-13H,14H2. The van der Waals surface area contributed by atoms with Crippen LogP contribution in [0.5, 0.6) is 0 Å². The van der Waals surface area contributed by atoms with Gasteiger partial charge in [-0.2, -0.15) is 0 Å². The van der Waals surface area contributed by atoms with Crippen molar-refractivity contribution in [3.63, 3.8) is 0 Å². The third-order valence-corrected chi connectivity index (χ3v) is 4.41. The molecule has 0 saturated heterocycles. The molecule has 28 heavy (non-hydrogen) atoms. The zero-order chi connectivity index (χ0) is 19.5. The lowest BCUT2D eigenvalue weighted by Gasteiger charge is -2.07. The molecular weight excluding hydrogens is 358 g/mol. The van der Waals surface area contributed by atoms with Gasteiger partial charge in [0.15, 0.2) is 0 Å². The summed E-state index contributed by atoms with van der Waals surface area (Å²) < 4.78 is 11.0. The summed E-state index contributed by atoms with van der Waals surface area (Å²) >= 11 is 0. The van der Waals surface area contributed by atoms with E-state index in [0.29, 0.717) is 11.3 Å². The highest BCUT2D eigenvalue weighted by Crippen LogP contribution is 2.25. The van der Waals surface area contributed by atoms with Crippen LogP contribution in [-0.2, 0) is 11.3 Å². The van der Waals surface area contributed by atoms with Gasteiger partial charge < -0.3 is 9.15 Å². The van der Waals surface area contributed by atoms with Gasteiger partial charge in [0.25, 0.3) is 5.69 Å². The van der Waals surface area contributed by atoms with Crippen molar-refractivity contribution in [2.24, 2.45) is 0 Å². The molecule has 0 spiro atoms. The molecule has 0 N–H and O–H groups in total. The average Bonchev–Trinajstić information content (AvgIpc) is 3.22. The summed E-state index contributed by atoms with van der Waals surface area (Å²) in [6, 6.07) is 22.8. The van der Waals surface area contributed by atoms with Crippen LogP contribution in [0.1, 0.15) is 16.1 Å². The fourth-order valence-electron chi connectivity index (χ4n) is 2.98. The number of fused-ring (bicyclic) bond motifs is 1. The Balaban J connectivity index is 1.48. The first-order valence-electron chi connectivity index (χ1n) is 8.60. The van der Waals surface area contributed by atoms with Crippen LogP contribution in [0.15, 0.2) is 83.3 Å². The van der Waals surface area contributed by atoms with Crippen LogP contribution < -0.4 is 0 Å². The van der Waals surface area contributed by atoms with E-state index in [1.54, 1.807) is 18.2 Å². The van der Waals surface area contributed by atoms with Crippen molar-refractivity contribution in [2.75, 3.05) is 0 Å². The third-order valence-electron chi connectivity index (χ3n) is 4.41. The van der Waals surface area contributed by atoms with Crippen LogP contribution in [0.4, 0.5) is 5.69 Å². The highest BCUT2D eigenvalue weighted by Gasteiger charge is 2.15. The minimum absolute atomic E-state index is 0.00923. The summed E-state index contributed by atoms with van der Waals surface area (Å²) in [7, 11) is 0. The van der Waals surface area contributed by atoms with E-state index >= 15 is 0 Å². The summed E-state index contributed by atoms with van der Waals surface area (Å²) in [5, 5.41) is 12.8. The van der Waals surface area contributed by atoms with Crippen molar-refractivity contribution in [3.05, 3.63) is 100 Å². The van der Waals surface area contributed by atoms with Gasteiger partial charge in [0.1, 0.15) is 12.4 Å². The molecule has 1 aromatic heterocycles. The fourth-order valence-corrected chi connectivity index (χ4v) is 2.98. The van der Waals surface area contributed by atoms with Crippen molar-refractivity contribution in [2.45, 2.75) is 6.61 Å². The molecule has 138 valence electrons. The summed E-state index contributed by atoms with van der Waals surface area (Å²) in [6.45, 7) is 0.133. The van der Waals surface area contributed by atoms with Gasteiger partial charge in [-0.15, -0.1) is 0 Å². The maximum Gasteiger partial charge on any atom is 0.374 e. The van der Waals surface area contributed by atoms with Gasteiger partial charge in [-0.1, -0.05) is 42.5 Å². The molecular formula is C22H15NO5. The van der Waals surface area contributed by atoms with E-state index < -0.39 is 10.9 Å². The molecule has 4 aromatic rings. The highest BCUT2D eigenvalue weighted by atomic mass is 16.6. The van der Waals surface area contributed by atoms with Gasteiger partial charge in [0, 0.05) is 17.7 Å². The second-order valence-corrected chi connectivity index (χ2v) is 6.18. The number of furan rings is 1. The topological polar surface area (TPSA) is 82.6 Å². The van der Waals surface area contributed by atoms with E-state index in [2.05, 4.69) is 0 Å². The number of esters is 1. The number of rotatable bonds is 5. The molecule has 0 saturated carbocycles. The SMILES string of the molecule is O=C(OCc1cccc2ccccc12)c1ccc(-c2ccc([N+](=O)[O-])cc2)o1. The zero-order valence-electron chi connectivity index (χ0n) is 14.7. The summed E-state index contributed by atoms with van der Waals surface area (Å²) in [5.74, 6) is -0.0540. The smallest absolute Gasteiger partial charge is 0.374 e. The Morgan fingerprint density at radius 2 is 1.68 bits per heavy atom. The van der Waals surface area contributed by atoms with E-state index in [4.69, 9.17) is 9.15 Å². The van der Waals surface area contributed by atoms with Crippen LogP contribution in [-0.4, -0.2) is 10.9 Å². The molecule has 0 aliphatic rings. The molecule has 0 bridgehead atoms. The molecule has 0 radical (unpaired) electrons. The van der Waals surface area contributed by atoms with Crippen molar-refractivity contribution >= 4 is 22.4 Å². The predicted octanol–water partition coefficient (Wildman–Crippen LogP) is 5.37. The Kier molecular flexibility index (Phi) is 4.60. The average molecular weight is 373 g/mol. The molecule has 4 rings (SSSR count). The van der Waals surface area contributed by atoms with Crippen LogP contribution in [0, 0.1) is 10.1 Å². The monoisotopic (exact) mass is 373 g/mol. The van der Waals surface area contributed by atoms with Crippen molar-refractivity contribution < 1.29 is 18.9 Å². The molecule has 6 heteroatoms. The van der Waals surface area contributed by atoms with E-state index in [9.17, 15) is 14.9 Å². The number of hydrogen-bond donors (Lipinski definition) is 0. The Labute approximate surface area is 160 Å². The lowest BCUT2D eigenvalue weighted by molar-refractivity contribution is -0.384. The first-order chi connectivity index (χ1) is 13.6. The second-order valence-electron chi connectivity index (χ2n) is 6.18. The molecule has 0 atom stereocenters. The summed E-state index contributed by atoms with van der Waals surface area (Å²) in [6.07, 6.45) is 0. The number of hydrogen-bond acceptors (Lipinski definition) is 5. The lowest BCUT2D eigenvalue weighted by atomic mass is 10.1. The van der Waals surface area contributed by atoms with E-state index in [1.165, 1.54) is 18.2 Å². The maximum atomic E-state index is 12.3. The predicted molar refractivity (Wildman–Crippen MR) is 104 cm³/mol. The van der Waals surface area contributed by atoms with Gasteiger partial charge in [-0.05, 0) is 40.6 Å². The Hall–Kier alpha value is -3.93. The fraction of sp³-hybridized carbons (Fsp3) is 0.0455. The normalized spacial score (nSPS) is 10.7. The van der Waals surface area contributed by atoms with Crippen LogP contribution in [0.3, 0.4) is 0 Å². The minimum Gasteiger partial charge on any atom is -0.455 e. The molecule has 6 nitrogen and oxygen atoms in total. The van der Waals surface area contributed by atoms with Crippen LogP contribution in [0.25, 0.3) is 22.1 Å². The van der Waals surface area contributed by atoms with E-state index in [-0.39, 0.29) is 18.1 Å². The molecule has 0 fully saturated rings. The van der Waals surface area contributed by atoms with E-state index in [1.807, 2.05) is 42.5 Å². The Morgan fingerprint density at radius 1 is 0.929 bits per heavy atom. The van der Waals surface area contributed by atoms with Crippen molar-refractivity contribution in [1.29, 1.82) is 0 Å². The number of carbonyl (C=O) groups is 1. The van der Waals surface area contributed by atoms with Gasteiger partial charge in [0.05, 0.1) is 4.92 Å². The Bertz CT molecular complexity index is 1160. The number of nitro groups is 1. The van der Waals surface area contributed by atoms with Gasteiger partial charge in [0.2, 0.25) is 5.76 Å². The third kappa shape index (κ3) is 3.48. The second kappa shape index (κ2) is 7.36. The number of carbonyl (C=O) groups excluding carboxylic acids is 1. The number of non-ortho nitro benzene ring substituents is 1. The molecule has 1 heterocycles. The van der Waals surface area contributed by atoms with Gasteiger partial charge in [-0.25, -0.2) is 4.79 Å². The number of nitrogens with zero attached hydrogens (tertiary/aromatic N) is 1. The maximum absolute atomic E-state index is 12.3. The molecule has 0 aliphatic heterocycles. The zero-order valence-corrected chi connectivity index (χ0v) is 14.7. The highest BCUT2D eigenvalue weighted by molar-refractivity contribution is 5.88.